The lowest BCUT2D eigenvalue weighted by atomic mass is 10.0. The average Bonchev–Trinajstić information content (AvgIpc) is 2.25. The molecular formula is C12H17F2NO3S. The Hall–Kier alpha value is -1.21. The van der Waals surface area contributed by atoms with Crippen molar-refractivity contribution in [2.24, 2.45) is 5.14 Å². The third-order valence-electron chi connectivity index (χ3n) is 2.60. The van der Waals surface area contributed by atoms with E-state index in [1.54, 1.807) is 20.8 Å². The molecule has 4 nitrogen and oxygen atoms in total. The summed E-state index contributed by atoms with van der Waals surface area (Å²) in [6, 6.07) is 2.81. The maximum absolute atomic E-state index is 12.1. The zero-order chi connectivity index (χ0) is 14.8. The SMILES string of the molecule is Cc1cc(S(N)(=O)=O)c(C(C)C)cc1OCC(F)F. The van der Waals surface area contributed by atoms with Crippen molar-refractivity contribution in [3.05, 3.63) is 23.3 Å². The van der Waals surface area contributed by atoms with Crippen molar-refractivity contribution in [1.29, 1.82) is 0 Å². The summed E-state index contributed by atoms with van der Waals surface area (Å²) in [4.78, 5) is 0.00407. The molecule has 0 aliphatic heterocycles. The number of primary sulfonamides is 1. The van der Waals surface area contributed by atoms with Gasteiger partial charge in [0, 0.05) is 0 Å². The van der Waals surface area contributed by atoms with Crippen molar-refractivity contribution in [2.45, 2.75) is 38.0 Å². The van der Waals surface area contributed by atoms with E-state index < -0.39 is 23.1 Å². The number of hydrogen-bond acceptors (Lipinski definition) is 3. The summed E-state index contributed by atoms with van der Waals surface area (Å²) in [6.45, 7) is 4.43. The van der Waals surface area contributed by atoms with Crippen LogP contribution in [0.3, 0.4) is 0 Å². The highest BCUT2D eigenvalue weighted by Gasteiger charge is 2.19. The number of ether oxygens (including phenoxy) is 1. The Morgan fingerprint density at radius 3 is 2.32 bits per heavy atom. The summed E-state index contributed by atoms with van der Waals surface area (Å²) in [7, 11) is -3.85. The third kappa shape index (κ3) is 4.14. The molecule has 7 heteroatoms. The molecule has 0 radical (unpaired) electrons. The molecule has 1 rings (SSSR count). The van der Waals surface area contributed by atoms with Crippen LogP contribution >= 0.6 is 0 Å². The lowest BCUT2D eigenvalue weighted by Crippen LogP contribution is -2.16. The molecule has 0 bridgehead atoms. The van der Waals surface area contributed by atoms with Gasteiger partial charge in [-0.3, -0.25) is 0 Å². The summed E-state index contributed by atoms with van der Waals surface area (Å²) in [5.41, 5.74) is 0.909. The summed E-state index contributed by atoms with van der Waals surface area (Å²) < 4.78 is 52.3. The van der Waals surface area contributed by atoms with Crippen LogP contribution in [0.15, 0.2) is 17.0 Å². The molecule has 19 heavy (non-hydrogen) atoms. The van der Waals surface area contributed by atoms with Gasteiger partial charge in [0.2, 0.25) is 10.0 Å². The number of sulfonamides is 1. The molecule has 0 aliphatic rings. The molecule has 0 heterocycles. The van der Waals surface area contributed by atoms with Crippen molar-refractivity contribution >= 4 is 10.0 Å². The zero-order valence-electron chi connectivity index (χ0n) is 11.0. The average molecular weight is 293 g/mol. The first-order valence-electron chi connectivity index (χ1n) is 5.71. The van der Waals surface area contributed by atoms with Gasteiger partial charge in [0.15, 0.2) is 0 Å². The highest BCUT2D eigenvalue weighted by Crippen LogP contribution is 2.30. The van der Waals surface area contributed by atoms with Gasteiger partial charge in [0.05, 0.1) is 4.90 Å². The Morgan fingerprint density at radius 2 is 1.89 bits per heavy atom. The van der Waals surface area contributed by atoms with Gasteiger partial charge in [-0.2, -0.15) is 0 Å². The first-order valence-corrected chi connectivity index (χ1v) is 7.26. The third-order valence-corrected chi connectivity index (χ3v) is 3.57. The first kappa shape index (κ1) is 15.8. The lowest BCUT2D eigenvalue weighted by Gasteiger charge is -2.16. The second-order valence-electron chi connectivity index (χ2n) is 4.56. The predicted molar refractivity (Wildman–Crippen MR) is 68.1 cm³/mol. The van der Waals surface area contributed by atoms with Crippen molar-refractivity contribution in [3.8, 4) is 5.75 Å². The van der Waals surface area contributed by atoms with E-state index in [4.69, 9.17) is 9.88 Å². The Balaban J connectivity index is 3.29. The molecule has 1 aromatic rings. The topological polar surface area (TPSA) is 69.4 Å². The van der Waals surface area contributed by atoms with Crippen molar-refractivity contribution < 1.29 is 21.9 Å². The fourth-order valence-electron chi connectivity index (χ4n) is 1.68. The zero-order valence-corrected chi connectivity index (χ0v) is 11.8. The lowest BCUT2D eigenvalue weighted by molar-refractivity contribution is 0.0815. The Bertz CT molecular complexity index is 556. The molecule has 108 valence electrons. The number of aryl methyl sites for hydroxylation is 1. The minimum absolute atomic E-state index is 0.00407. The largest absolute Gasteiger partial charge is 0.487 e. The minimum Gasteiger partial charge on any atom is -0.487 e. The van der Waals surface area contributed by atoms with E-state index in [0.29, 0.717) is 11.1 Å². The number of hydrogen-bond donors (Lipinski definition) is 1. The van der Waals surface area contributed by atoms with Crippen molar-refractivity contribution in [2.75, 3.05) is 6.61 Å². The van der Waals surface area contributed by atoms with E-state index in [1.165, 1.54) is 12.1 Å². The number of alkyl halides is 2. The normalized spacial score (nSPS) is 12.2. The fourth-order valence-corrected chi connectivity index (χ4v) is 2.65. The Kier molecular flexibility index (Phi) is 4.86. The van der Waals surface area contributed by atoms with Gasteiger partial charge in [-0.05, 0) is 36.1 Å². The van der Waals surface area contributed by atoms with Crippen LogP contribution in [-0.2, 0) is 10.0 Å². The molecule has 1 aromatic carbocycles. The number of benzene rings is 1. The molecule has 0 amide bonds. The van der Waals surface area contributed by atoms with E-state index in [2.05, 4.69) is 0 Å². The summed E-state index contributed by atoms with van der Waals surface area (Å²) in [6.07, 6.45) is -2.58. The van der Waals surface area contributed by atoms with Gasteiger partial charge in [-0.25, -0.2) is 22.3 Å². The van der Waals surface area contributed by atoms with Gasteiger partial charge in [0.25, 0.3) is 6.43 Å². The standard InChI is InChI=1S/C12H17F2NO3S/c1-7(2)9-5-10(18-6-12(13)14)8(3)4-11(9)19(15,16)17/h4-5,7,12H,6H2,1-3H3,(H2,15,16,17). The van der Waals surface area contributed by atoms with Crippen LogP contribution < -0.4 is 9.88 Å². The maximum Gasteiger partial charge on any atom is 0.272 e. The van der Waals surface area contributed by atoms with E-state index >= 15 is 0 Å². The van der Waals surface area contributed by atoms with Gasteiger partial charge in [0.1, 0.15) is 12.4 Å². The van der Waals surface area contributed by atoms with Crippen molar-refractivity contribution in [1.82, 2.24) is 0 Å². The van der Waals surface area contributed by atoms with E-state index in [-0.39, 0.29) is 16.6 Å². The molecule has 0 unspecified atom stereocenters. The molecule has 0 aromatic heterocycles. The van der Waals surface area contributed by atoms with Crippen LogP contribution in [0.2, 0.25) is 0 Å². The number of halogens is 2. The molecule has 0 spiro atoms. The number of nitrogens with two attached hydrogens (primary N) is 1. The first-order chi connectivity index (χ1) is 8.62. The molecule has 2 N–H and O–H groups in total. The quantitative estimate of drug-likeness (QED) is 0.906. The summed E-state index contributed by atoms with van der Waals surface area (Å²) in [5.74, 6) is 0.124. The smallest absolute Gasteiger partial charge is 0.272 e. The van der Waals surface area contributed by atoms with Crippen LogP contribution in [0.1, 0.15) is 30.9 Å². The summed E-state index contributed by atoms with van der Waals surface area (Å²) >= 11 is 0. The Labute approximate surface area is 111 Å². The summed E-state index contributed by atoms with van der Waals surface area (Å²) in [5, 5.41) is 5.15. The monoisotopic (exact) mass is 293 g/mol. The van der Waals surface area contributed by atoms with Crippen LogP contribution in [-0.4, -0.2) is 21.5 Å². The van der Waals surface area contributed by atoms with Crippen molar-refractivity contribution in [3.63, 3.8) is 0 Å². The molecule has 0 saturated heterocycles. The van der Waals surface area contributed by atoms with Gasteiger partial charge in [-0.15, -0.1) is 0 Å². The van der Waals surface area contributed by atoms with Crippen LogP contribution in [0.5, 0.6) is 5.75 Å². The van der Waals surface area contributed by atoms with Crippen LogP contribution in [0.25, 0.3) is 0 Å². The number of rotatable bonds is 5. The van der Waals surface area contributed by atoms with E-state index in [9.17, 15) is 17.2 Å². The molecule has 0 aliphatic carbocycles. The predicted octanol–water partition coefficient (Wildman–Crippen LogP) is 2.41. The Morgan fingerprint density at radius 1 is 1.32 bits per heavy atom. The van der Waals surface area contributed by atoms with Gasteiger partial charge < -0.3 is 4.74 Å². The van der Waals surface area contributed by atoms with Crippen LogP contribution in [0.4, 0.5) is 8.78 Å². The van der Waals surface area contributed by atoms with Crippen LogP contribution in [0, 0.1) is 6.92 Å². The van der Waals surface area contributed by atoms with E-state index in [0.717, 1.165) is 0 Å². The van der Waals surface area contributed by atoms with Gasteiger partial charge >= 0.3 is 0 Å². The maximum atomic E-state index is 12.1. The molecule has 0 saturated carbocycles. The van der Waals surface area contributed by atoms with Gasteiger partial charge in [-0.1, -0.05) is 13.8 Å². The molecule has 0 atom stereocenters. The highest BCUT2D eigenvalue weighted by molar-refractivity contribution is 7.89. The highest BCUT2D eigenvalue weighted by atomic mass is 32.2. The second kappa shape index (κ2) is 5.83. The van der Waals surface area contributed by atoms with E-state index in [1.807, 2.05) is 0 Å². The molecule has 0 fully saturated rings. The molecular weight excluding hydrogens is 276 g/mol. The minimum atomic E-state index is -3.85. The second-order valence-corrected chi connectivity index (χ2v) is 6.09. The fraction of sp³-hybridized carbons (Fsp3) is 0.500.